The van der Waals surface area contributed by atoms with Crippen LogP contribution < -0.4 is 5.32 Å². The highest BCUT2D eigenvalue weighted by atomic mass is 19.4. The fourth-order valence-corrected chi connectivity index (χ4v) is 1.66. The van der Waals surface area contributed by atoms with Crippen molar-refractivity contribution < 1.29 is 23.1 Å². The van der Waals surface area contributed by atoms with Gasteiger partial charge in [0.05, 0.1) is 17.3 Å². The fourth-order valence-electron chi connectivity index (χ4n) is 1.66. The topological polar surface area (TPSA) is 76.4 Å². The van der Waals surface area contributed by atoms with Gasteiger partial charge in [0.1, 0.15) is 6.07 Å². The predicted molar refractivity (Wildman–Crippen MR) is 73.9 cm³/mol. The van der Waals surface area contributed by atoms with E-state index in [-0.39, 0.29) is 11.3 Å². The third-order valence-corrected chi connectivity index (χ3v) is 3.18. The first-order valence-corrected chi connectivity index (χ1v) is 6.41. The van der Waals surface area contributed by atoms with Gasteiger partial charge in [-0.3, -0.25) is 9.69 Å². The van der Waals surface area contributed by atoms with Crippen molar-refractivity contribution in [1.82, 2.24) is 4.90 Å². The molecular formula is C14H16F3N3O2. The molecule has 0 spiro atoms. The van der Waals surface area contributed by atoms with E-state index in [4.69, 9.17) is 10.4 Å². The molecule has 1 aromatic carbocycles. The molecule has 8 heteroatoms. The number of halogens is 3. The van der Waals surface area contributed by atoms with Crippen LogP contribution in [-0.2, 0) is 4.79 Å². The van der Waals surface area contributed by atoms with Gasteiger partial charge in [0.25, 0.3) is 0 Å². The van der Waals surface area contributed by atoms with Crippen LogP contribution in [-0.4, -0.2) is 47.8 Å². The molecule has 1 amide bonds. The van der Waals surface area contributed by atoms with Gasteiger partial charge in [-0.05, 0) is 26.1 Å². The largest absolute Gasteiger partial charge is 0.415 e. The lowest BCUT2D eigenvalue weighted by Crippen LogP contribution is -2.46. The molecule has 2 N–H and O–H groups in total. The number of para-hydroxylation sites is 1. The number of carbonyl (C=O) groups is 1. The summed E-state index contributed by atoms with van der Waals surface area (Å²) in [4.78, 5) is 13.1. The van der Waals surface area contributed by atoms with Gasteiger partial charge in [-0.25, -0.2) is 0 Å². The number of rotatable bonds is 5. The normalized spacial score (nSPS) is 14.3. The number of nitrogens with zero attached hydrogens (tertiary/aromatic N) is 2. The van der Waals surface area contributed by atoms with Crippen molar-refractivity contribution in [3.63, 3.8) is 0 Å². The van der Waals surface area contributed by atoms with Crippen molar-refractivity contribution in [3.8, 4) is 6.07 Å². The first-order valence-electron chi connectivity index (χ1n) is 6.41. The summed E-state index contributed by atoms with van der Waals surface area (Å²) in [7, 11) is 1.30. The van der Waals surface area contributed by atoms with Gasteiger partial charge in [0.2, 0.25) is 5.91 Å². The number of alkyl halides is 3. The lowest BCUT2D eigenvalue weighted by Gasteiger charge is -2.27. The maximum absolute atomic E-state index is 12.3. The number of anilines is 1. The minimum atomic E-state index is -4.74. The van der Waals surface area contributed by atoms with Crippen LogP contribution in [0.25, 0.3) is 0 Å². The molecule has 0 saturated heterocycles. The lowest BCUT2D eigenvalue weighted by atomic mass is 10.1. The number of hydrogen-bond acceptors (Lipinski definition) is 4. The van der Waals surface area contributed by atoms with Crippen LogP contribution in [0.4, 0.5) is 18.9 Å². The fraction of sp³-hybridized carbons (Fsp3) is 0.429. The third-order valence-electron chi connectivity index (χ3n) is 3.18. The summed E-state index contributed by atoms with van der Waals surface area (Å²) in [6.07, 6.45) is -7.27. The summed E-state index contributed by atoms with van der Waals surface area (Å²) < 4.78 is 36.9. The zero-order valence-corrected chi connectivity index (χ0v) is 12.1. The van der Waals surface area contributed by atoms with Gasteiger partial charge in [0, 0.05) is 6.54 Å². The molecule has 0 heterocycles. The summed E-state index contributed by atoms with van der Waals surface area (Å²) in [5.74, 6) is -0.570. The van der Waals surface area contributed by atoms with Crippen LogP contribution in [0.2, 0.25) is 0 Å². The van der Waals surface area contributed by atoms with Crippen LogP contribution in [0.5, 0.6) is 0 Å². The highest BCUT2D eigenvalue weighted by Crippen LogP contribution is 2.21. The molecule has 2 unspecified atom stereocenters. The molecule has 120 valence electrons. The van der Waals surface area contributed by atoms with Gasteiger partial charge in [-0.2, -0.15) is 18.4 Å². The highest BCUT2D eigenvalue weighted by Gasteiger charge is 2.39. The Balaban J connectivity index is 2.71. The number of likely N-dealkylation sites (N-methyl/N-ethyl adjacent to an activating group) is 1. The molecule has 0 aromatic heterocycles. The van der Waals surface area contributed by atoms with E-state index < -0.39 is 30.8 Å². The van der Waals surface area contributed by atoms with Gasteiger partial charge in [0.15, 0.2) is 6.10 Å². The van der Waals surface area contributed by atoms with E-state index in [0.29, 0.717) is 0 Å². The first kappa shape index (κ1) is 17.9. The first-order chi connectivity index (χ1) is 10.2. The number of aliphatic hydroxyl groups is 1. The van der Waals surface area contributed by atoms with Crippen LogP contribution in [0.15, 0.2) is 24.3 Å². The minimum absolute atomic E-state index is 0.251. The Bertz CT molecular complexity index is 569. The lowest BCUT2D eigenvalue weighted by molar-refractivity contribution is -0.208. The number of benzene rings is 1. The molecule has 22 heavy (non-hydrogen) atoms. The molecule has 1 aromatic rings. The Kier molecular flexibility index (Phi) is 5.91. The maximum atomic E-state index is 12.3. The number of nitrogens with one attached hydrogen (secondary N) is 1. The average molecular weight is 315 g/mol. The van der Waals surface area contributed by atoms with E-state index in [1.165, 1.54) is 26.1 Å². The predicted octanol–water partition coefficient (Wildman–Crippen LogP) is 1.74. The van der Waals surface area contributed by atoms with E-state index in [9.17, 15) is 18.0 Å². The Morgan fingerprint density at radius 2 is 2.05 bits per heavy atom. The molecule has 0 aliphatic heterocycles. The van der Waals surface area contributed by atoms with Crippen LogP contribution >= 0.6 is 0 Å². The van der Waals surface area contributed by atoms with Crippen molar-refractivity contribution >= 4 is 11.6 Å². The summed E-state index contributed by atoms with van der Waals surface area (Å²) in [6, 6.07) is 7.28. The smallest absolute Gasteiger partial charge is 0.382 e. The summed E-state index contributed by atoms with van der Waals surface area (Å²) in [5.41, 5.74) is 0.535. The molecule has 0 bridgehead atoms. The molecule has 0 aliphatic carbocycles. The number of hydrogen-bond donors (Lipinski definition) is 2. The molecule has 2 atom stereocenters. The second-order valence-corrected chi connectivity index (χ2v) is 4.82. The Morgan fingerprint density at radius 3 is 2.59 bits per heavy atom. The molecule has 0 fully saturated rings. The monoisotopic (exact) mass is 315 g/mol. The zero-order chi connectivity index (χ0) is 16.9. The second kappa shape index (κ2) is 7.24. The van der Waals surface area contributed by atoms with Crippen molar-refractivity contribution in [2.24, 2.45) is 0 Å². The van der Waals surface area contributed by atoms with Crippen molar-refractivity contribution in [3.05, 3.63) is 29.8 Å². The number of carbonyl (C=O) groups excluding carboxylic acids is 1. The van der Waals surface area contributed by atoms with Crippen LogP contribution in [0.3, 0.4) is 0 Å². The molecule has 5 nitrogen and oxygen atoms in total. The number of aliphatic hydroxyl groups excluding tert-OH is 1. The highest BCUT2D eigenvalue weighted by molar-refractivity contribution is 5.95. The van der Waals surface area contributed by atoms with Gasteiger partial charge >= 0.3 is 6.18 Å². The van der Waals surface area contributed by atoms with E-state index in [0.717, 1.165) is 4.90 Å². The van der Waals surface area contributed by atoms with Crippen LogP contribution in [0.1, 0.15) is 12.5 Å². The summed E-state index contributed by atoms with van der Waals surface area (Å²) >= 11 is 0. The molecule has 0 saturated carbocycles. The minimum Gasteiger partial charge on any atom is -0.382 e. The quantitative estimate of drug-likeness (QED) is 0.868. The summed E-state index contributed by atoms with van der Waals surface area (Å²) in [5, 5.41) is 20.4. The van der Waals surface area contributed by atoms with Crippen LogP contribution in [0, 0.1) is 11.3 Å². The van der Waals surface area contributed by atoms with Gasteiger partial charge in [-0.1, -0.05) is 12.1 Å². The van der Waals surface area contributed by atoms with Crippen molar-refractivity contribution in [2.75, 3.05) is 18.9 Å². The van der Waals surface area contributed by atoms with E-state index >= 15 is 0 Å². The van der Waals surface area contributed by atoms with Gasteiger partial charge in [-0.15, -0.1) is 0 Å². The number of nitriles is 1. The number of amides is 1. The SMILES string of the molecule is CC(C(=O)Nc1ccccc1C#N)N(C)CC(O)C(F)(F)F. The summed E-state index contributed by atoms with van der Waals surface area (Å²) in [6.45, 7) is 0.686. The van der Waals surface area contributed by atoms with E-state index in [1.807, 2.05) is 6.07 Å². The van der Waals surface area contributed by atoms with Crippen molar-refractivity contribution in [2.45, 2.75) is 25.2 Å². The Hall–Kier alpha value is -2.11. The van der Waals surface area contributed by atoms with Crippen molar-refractivity contribution in [1.29, 1.82) is 5.26 Å². The molecule has 0 radical (unpaired) electrons. The average Bonchev–Trinajstić information content (AvgIpc) is 2.45. The standard InChI is InChI=1S/C14H16F3N3O2/c1-9(20(2)8-12(21)14(15,16)17)13(22)19-11-6-4-3-5-10(11)7-18/h3-6,9,12,21H,8H2,1-2H3,(H,19,22). The second-order valence-electron chi connectivity index (χ2n) is 4.82. The van der Waals surface area contributed by atoms with Gasteiger partial charge < -0.3 is 10.4 Å². The maximum Gasteiger partial charge on any atom is 0.415 e. The molecular weight excluding hydrogens is 299 g/mol. The molecule has 1 rings (SSSR count). The zero-order valence-electron chi connectivity index (χ0n) is 12.1. The Morgan fingerprint density at radius 1 is 1.45 bits per heavy atom. The van der Waals surface area contributed by atoms with E-state index in [1.54, 1.807) is 12.1 Å². The van der Waals surface area contributed by atoms with E-state index in [2.05, 4.69) is 5.32 Å². The third kappa shape index (κ3) is 4.72. The molecule has 0 aliphatic rings. The Labute approximate surface area is 126 Å².